The molecular weight excluding hydrogens is 276 g/mol. The second kappa shape index (κ2) is 6.80. The SMILES string of the molecule is CC(NC1CCN(C(C)C)CC1)c1cc2c(s1)CCCC2. The van der Waals surface area contributed by atoms with Gasteiger partial charge >= 0.3 is 0 Å². The number of likely N-dealkylation sites (tertiary alicyclic amines) is 1. The van der Waals surface area contributed by atoms with E-state index >= 15 is 0 Å². The van der Waals surface area contributed by atoms with E-state index in [4.69, 9.17) is 0 Å². The van der Waals surface area contributed by atoms with Gasteiger partial charge in [-0.15, -0.1) is 11.3 Å². The lowest BCUT2D eigenvalue weighted by molar-refractivity contribution is 0.157. The largest absolute Gasteiger partial charge is 0.307 e. The van der Waals surface area contributed by atoms with Gasteiger partial charge in [-0.05, 0) is 84.0 Å². The molecule has 2 nitrogen and oxygen atoms in total. The molecule has 0 spiro atoms. The molecule has 2 aliphatic rings. The molecule has 0 amide bonds. The van der Waals surface area contributed by atoms with Crippen molar-refractivity contribution in [1.29, 1.82) is 0 Å². The van der Waals surface area contributed by atoms with E-state index in [1.807, 2.05) is 0 Å². The van der Waals surface area contributed by atoms with E-state index in [1.165, 1.54) is 51.6 Å². The topological polar surface area (TPSA) is 15.3 Å². The second-order valence-corrected chi connectivity index (χ2v) is 8.26. The number of hydrogen-bond acceptors (Lipinski definition) is 3. The van der Waals surface area contributed by atoms with Gasteiger partial charge in [0.1, 0.15) is 0 Å². The summed E-state index contributed by atoms with van der Waals surface area (Å²) in [5.74, 6) is 0. The van der Waals surface area contributed by atoms with E-state index in [1.54, 1.807) is 15.3 Å². The van der Waals surface area contributed by atoms with Crippen molar-refractivity contribution >= 4 is 11.3 Å². The smallest absolute Gasteiger partial charge is 0.0388 e. The summed E-state index contributed by atoms with van der Waals surface area (Å²) in [7, 11) is 0. The van der Waals surface area contributed by atoms with Gasteiger partial charge in [0.15, 0.2) is 0 Å². The minimum absolute atomic E-state index is 0.524. The van der Waals surface area contributed by atoms with Crippen molar-refractivity contribution in [1.82, 2.24) is 10.2 Å². The van der Waals surface area contributed by atoms with Gasteiger partial charge in [-0.25, -0.2) is 0 Å². The Bertz CT molecular complexity index is 434. The molecule has 1 aliphatic heterocycles. The van der Waals surface area contributed by atoms with E-state index in [2.05, 4.69) is 48.4 Å². The van der Waals surface area contributed by atoms with E-state index in [-0.39, 0.29) is 0 Å². The Morgan fingerprint density at radius 2 is 1.86 bits per heavy atom. The van der Waals surface area contributed by atoms with Gasteiger partial charge in [0.05, 0.1) is 0 Å². The first-order valence-corrected chi connectivity index (χ1v) is 9.56. The van der Waals surface area contributed by atoms with E-state index in [0.29, 0.717) is 18.1 Å². The highest BCUT2D eigenvalue weighted by Gasteiger charge is 2.23. The number of fused-ring (bicyclic) bond motifs is 1. The zero-order chi connectivity index (χ0) is 14.8. The zero-order valence-corrected chi connectivity index (χ0v) is 14.6. The highest BCUT2D eigenvalue weighted by molar-refractivity contribution is 7.12. The molecule has 0 bridgehead atoms. The second-order valence-electron chi connectivity index (χ2n) is 7.10. The Labute approximate surface area is 133 Å². The van der Waals surface area contributed by atoms with Crippen LogP contribution in [0.15, 0.2) is 6.07 Å². The van der Waals surface area contributed by atoms with Crippen LogP contribution in [0.4, 0.5) is 0 Å². The Balaban J connectivity index is 1.54. The predicted octanol–water partition coefficient (Wildman–Crippen LogP) is 4.15. The molecule has 1 saturated heterocycles. The molecule has 1 atom stereocenters. The molecular formula is C18H30N2S. The first-order chi connectivity index (χ1) is 10.1. The lowest BCUT2D eigenvalue weighted by Crippen LogP contribution is -2.45. The monoisotopic (exact) mass is 306 g/mol. The predicted molar refractivity (Wildman–Crippen MR) is 92.2 cm³/mol. The van der Waals surface area contributed by atoms with Gasteiger partial charge < -0.3 is 10.2 Å². The summed E-state index contributed by atoms with van der Waals surface area (Å²) in [5.41, 5.74) is 1.64. The van der Waals surface area contributed by atoms with Crippen molar-refractivity contribution in [3.63, 3.8) is 0 Å². The number of nitrogens with one attached hydrogen (secondary N) is 1. The minimum atomic E-state index is 0.524. The average molecular weight is 307 g/mol. The first-order valence-electron chi connectivity index (χ1n) is 8.75. The van der Waals surface area contributed by atoms with Gasteiger partial charge in [-0.1, -0.05) is 0 Å². The summed E-state index contributed by atoms with van der Waals surface area (Å²) in [6, 6.07) is 4.41. The number of aryl methyl sites for hydroxylation is 2. The third kappa shape index (κ3) is 3.69. The fourth-order valence-electron chi connectivity index (χ4n) is 3.75. The number of piperidine rings is 1. The van der Waals surface area contributed by atoms with Crippen molar-refractivity contribution < 1.29 is 0 Å². The fourth-order valence-corrected chi connectivity index (χ4v) is 5.01. The van der Waals surface area contributed by atoms with Crippen molar-refractivity contribution in [2.45, 2.75) is 77.4 Å². The Morgan fingerprint density at radius 3 is 2.52 bits per heavy atom. The molecule has 1 N–H and O–H groups in total. The Hall–Kier alpha value is -0.380. The van der Waals surface area contributed by atoms with Gasteiger partial charge in [0.25, 0.3) is 0 Å². The molecule has 0 saturated carbocycles. The van der Waals surface area contributed by atoms with Crippen LogP contribution in [0.5, 0.6) is 0 Å². The fraction of sp³-hybridized carbons (Fsp3) is 0.778. The van der Waals surface area contributed by atoms with E-state index < -0.39 is 0 Å². The minimum Gasteiger partial charge on any atom is -0.307 e. The van der Waals surface area contributed by atoms with Crippen LogP contribution in [-0.4, -0.2) is 30.1 Å². The molecule has 1 fully saturated rings. The summed E-state index contributed by atoms with van der Waals surface area (Å²) < 4.78 is 0. The van der Waals surface area contributed by atoms with Crippen LogP contribution in [-0.2, 0) is 12.8 Å². The maximum Gasteiger partial charge on any atom is 0.0388 e. The lowest BCUT2D eigenvalue weighted by atomic mass is 9.98. The molecule has 3 heteroatoms. The van der Waals surface area contributed by atoms with Crippen molar-refractivity contribution in [3.8, 4) is 0 Å². The van der Waals surface area contributed by atoms with Crippen molar-refractivity contribution in [2.75, 3.05) is 13.1 Å². The third-order valence-electron chi connectivity index (χ3n) is 5.19. The molecule has 2 heterocycles. The van der Waals surface area contributed by atoms with Gasteiger partial charge in [-0.2, -0.15) is 0 Å². The van der Waals surface area contributed by atoms with Crippen LogP contribution in [0.2, 0.25) is 0 Å². The number of nitrogens with zero attached hydrogens (tertiary/aromatic N) is 1. The van der Waals surface area contributed by atoms with Crippen molar-refractivity contribution in [3.05, 3.63) is 21.4 Å². The molecule has 0 aromatic carbocycles. The van der Waals surface area contributed by atoms with E-state index in [9.17, 15) is 0 Å². The summed E-state index contributed by atoms with van der Waals surface area (Å²) in [6.07, 6.45) is 8.01. The highest BCUT2D eigenvalue weighted by Crippen LogP contribution is 2.33. The summed E-state index contributed by atoms with van der Waals surface area (Å²) in [6.45, 7) is 9.48. The summed E-state index contributed by atoms with van der Waals surface area (Å²) in [5, 5.41) is 3.89. The molecule has 118 valence electrons. The molecule has 1 aromatic rings. The third-order valence-corrected chi connectivity index (χ3v) is 6.61. The van der Waals surface area contributed by atoms with Crippen LogP contribution < -0.4 is 5.32 Å². The van der Waals surface area contributed by atoms with Crippen LogP contribution in [0.3, 0.4) is 0 Å². The molecule has 1 aliphatic carbocycles. The average Bonchev–Trinajstić information content (AvgIpc) is 2.92. The van der Waals surface area contributed by atoms with Crippen LogP contribution >= 0.6 is 11.3 Å². The maximum absolute atomic E-state index is 3.89. The Morgan fingerprint density at radius 1 is 1.14 bits per heavy atom. The number of rotatable bonds is 4. The van der Waals surface area contributed by atoms with Gasteiger partial charge in [0.2, 0.25) is 0 Å². The lowest BCUT2D eigenvalue weighted by Gasteiger charge is -2.36. The number of hydrogen-bond donors (Lipinski definition) is 1. The maximum atomic E-state index is 3.89. The van der Waals surface area contributed by atoms with E-state index in [0.717, 1.165) is 0 Å². The zero-order valence-electron chi connectivity index (χ0n) is 13.8. The van der Waals surface area contributed by atoms with Crippen LogP contribution in [0.25, 0.3) is 0 Å². The van der Waals surface area contributed by atoms with Gasteiger partial charge in [-0.3, -0.25) is 0 Å². The summed E-state index contributed by atoms with van der Waals surface area (Å²) >= 11 is 2.06. The first kappa shape index (κ1) is 15.5. The molecule has 1 unspecified atom stereocenters. The molecule has 21 heavy (non-hydrogen) atoms. The van der Waals surface area contributed by atoms with Crippen LogP contribution in [0, 0.1) is 0 Å². The van der Waals surface area contributed by atoms with Crippen molar-refractivity contribution in [2.24, 2.45) is 0 Å². The molecule has 1 aromatic heterocycles. The molecule has 3 rings (SSSR count). The standard InChI is InChI=1S/C18H30N2S/c1-13(2)20-10-8-16(9-11-20)19-14(3)18-12-15-6-4-5-7-17(15)21-18/h12-14,16,19H,4-11H2,1-3H3. The Kier molecular flexibility index (Phi) is 5.03. The quantitative estimate of drug-likeness (QED) is 0.899. The van der Waals surface area contributed by atoms with Crippen LogP contribution in [0.1, 0.15) is 67.8 Å². The summed E-state index contributed by atoms with van der Waals surface area (Å²) in [4.78, 5) is 5.83. The number of thiophene rings is 1. The normalized spacial score (nSPS) is 22.5. The molecule has 0 radical (unpaired) electrons. The van der Waals surface area contributed by atoms with Gasteiger partial charge in [0, 0.05) is 27.9 Å². The highest BCUT2D eigenvalue weighted by atomic mass is 32.1.